The summed E-state index contributed by atoms with van der Waals surface area (Å²) >= 11 is -0.0830. The number of phenols is 1. The van der Waals surface area contributed by atoms with Crippen LogP contribution in [0.15, 0.2) is 33.2 Å². The average Bonchev–Trinajstić information content (AvgIpc) is 2.19. The molecule has 1 aromatic carbocycles. The second kappa shape index (κ2) is 4.97. The maximum atomic E-state index is 12.5. The Kier molecular flexibility index (Phi) is 3.88. The van der Waals surface area contributed by atoms with Gasteiger partial charge in [0.25, 0.3) is 0 Å². The smallest absolute Gasteiger partial charge is 0.434 e. The van der Waals surface area contributed by atoms with Gasteiger partial charge < -0.3 is 5.11 Å². The third-order valence-electron chi connectivity index (χ3n) is 1.57. The molecule has 0 bridgehead atoms. The normalized spacial score (nSPS) is 12.6. The lowest BCUT2D eigenvalue weighted by molar-refractivity contribution is -0.0578. The van der Waals surface area contributed by atoms with Gasteiger partial charge >= 0.3 is 6.18 Å². The molecule has 0 heterocycles. The van der Waals surface area contributed by atoms with E-state index in [1.54, 1.807) is 0 Å². The number of hydrogen-bond donors (Lipinski definition) is 1. The first-order chi connectivity index (χ1) is 7.45. The van der Waals surface area contributed by atoms with E-state index in [9.17, 15) is 18.1 Å². The summed E-state index contributed by atoms with van der Waals surface area (Å²) in [5.41, 5.74) is -1.47. The number of nitrogens with zero attached hydrogens (tertiary/aromatic N) is 2. The molecule has 0 unspecified atom stereocenters. The average molecular weight is 250 g/mol. The molecule has 0 spiro atoms. The molecule has 4 nitrogen and oxygen atoms in total. The van der Waals surface area contributed by atoms with Gasteiger partial charge in [0.15, 0.2) is 17.8 Å². The van der Waals surface area contributed by atoms with Crippen molar-refractivity contribution in [1.82, 2.24) is 0 Å². The molecule has 0 saturated carbocycles. The monoisotopic (exact) mass is 250 g/mol. The molecule has 86 valence electrons. The highest BCUT2D eigenvalue weighted by molar-refractivity contribution is 7.96. The van der Waals surface area contributed by atoms with Gasteiger partial charge in [-0.05, 0) is 24.3 Å². The second-order valence-corrected chi connectivity index (χ2v) is 3.14. The van der Waals surface area contributed by atoms with Gasteiger partial charge in [-0.25, -0.2) is 0 Å². The van der Waals surface area contributed by atoms with Crippen LogP contribution in [0.3, 0.4) is 0 Å². The minimum Gasteiger partial charge on any atom is -0.508 e. The van der Waals surface area contributed by atoms with E-state index < -0.39 is 11.9 Å². The first-order valence-corrected chi connectivity index (χ1v) is 4.61. The zero-order valence-electron chi connectivity index (χ0n) is 7.60. The van der Waals surface area contributed by atoms with Crippen LogP contribution in [0.1, 0.15) is 5.56 Å². The Labute approximate surface area is 92.4 Å². The quantitative estimate of drug-likeness (QED) is 0.509. The molecular formula is C8H5F3N2O2S. The predicted molar refractivity (Wildman–Crippen MR) is 54.1 cm³/mol. The van der Waals surface area contributed by atoms with E-state index in [1.165, 1.54) is 0 Å². The third kappa shape index (κ3) is 3.23. The number of rotatable bonds is 3. The van der Waals surface area contributed by atoms with E-state index in [1.807, 2.05) is 0 Å². The summed E-state index contributed by atoms with van der Waals surface area (Å²) in [6.07, 6.45) is -4.69. The number of phenolic OH excluding ortho intramolecular Hbond substituents is 1. The maximum Gasteiger partial charge on any atom is 0.434 e. The fourth-order valence-electron chi connectivity index (χ4n) is 0.945. The molecule has 0 aliphatic carbocycles. The van der Waals surface area contributed by atoms with Crippen LogP contribution in [0, 0.1) is 4.91 Å². The predicted octanol–water partition coefficient (Wildman–Crippen LogP) is 3.07. The van der Waals surface area contributed by atoms with Gasteiger partial charge in [0.2, 0.25) is 0 Å². The molecule has 1 rings (SSSR count). The zero-order chi connectivity index (χ0) is 12.2. The van der Waals surface area contributed by atoms with Crippen molar-refractivity contribution in [2.45, 2.75) is 6.18 Å². The van der Waals surface area contributed by atoms with Gasteiger partial charge in [-0.1, -0.05) is 0 Å². The van der Waals surface area contributed by atoms with Crippen LogP contribution in [0.2, 0.25) is 0 Å². The highest BCUT2D eigenvalue weighted by Gasteiger charge is 2.37. The van der Waals surface area contributed by atoms with E-state index >= 15 is 0 Å². The third-order valence-corrected chi connectivity index (χ3v) is 1.91. The van der Waals surface area contributed by atoms with Crippen LogP contribution in [0.4, 0.5) is 13.2 Å². The van der Waals surface area contributed by atoms with E-state index in [-0.39, 0.29) is 23.4 Å². The fraction of sp³-hybridized carbons (Fsp3) is 0.125. The molecule has 16 heavy (non-hydrogen) atoms. The van der Waals surface area contributed by atoms with Gasteiger partial charge in [0.1, 0.15) is 5.75 Å². The summed E-state index contributed by atoms with van der Waals surface area (Å²) in [6.45, 7) is 0. The Bertz CT molecular complexity index is 403. The lowest BCUT2D eigenvalue weighted by Gasteiger charge is -2.09. The lowest BCUT2D eigenvalue weighted by Crippen LogP contribution is -2.23. The van der Waals surface area contributed by atoms with Gasteiger partial charge in [0, 0.05) is 10.1 Å². The highest BCUT2D eigenvalue weighted by atomic mass is 32.2. The van der Waals surface area contributed by atoms with Crippen LogP contribution >= 0.6 is 12.1 Å². The van der Waals surface area contributed by atoms with Gasteiger partial charge in [-0.15, -0.1) is 4.91 Å². The Hall–Kier alpha value is -1.57. The van der Waals surface area contributed by atoms with Crippen LogP contribution < -0.4 is 0 Å². The summed E-state index contributed by atoms with van der Waals surface area (Å²) in [5.74, 6) is -0.161. The van der Waals surface area contributed by atoms with Crippen molar-refractivity contribution in [3.05, 3.63) is 34.7 Å². The van der Waals surface area contributed by atoms with Crippen LogP contribution in [-0.2, 0) is 0 Å². The van der Waals surface area contributed by atoms with Crippen molar-refractivity contribution in [2.75, 3.05) is 0 Å². The molecule has 0 amide bonds. The highest BCUT2D eigenvalue weighted by Crippen LogP contribution is 2.25. The van der Waals surface area contributed by atoms with Crippen molar-refractivity contribution in [3.63, 3.8) is 0 Å². The van der Waals surface area contributed by atoms with Gasteiger partial charge in [-0.3, -0.25) is 0 Å². The molecule has 0 fully saturated rings. The van der Waals surface area contributed by atoms with Crippen molar-refractivity contribution in [3.8, 4) is 5.75 Å². The number of alkyl halides is 3. The number of halogens is 3. The minimum absolute atomic E-state index is 0.0830. The molecule has 0 aromatic heterocycles. The number of nitroso groups, excluding NO2 is 1. The SMILES string of the molecule is O=NS/N=C(/c1ccc(O)cc1)C(F)(F)F. The molecule has 0 radical (unpaired) electrons. The van der Waals surface area contributed by atoms with Crippen molar-refractivity contribution in [2.24, 2.45) is 8.98 Å². The Morgan fingerprint density at radius 2 is 1.81 bits per heavy atom. The van der Waals surface area contributed by atoms with Gasteiger partial charge in [-0.2, -0.15) is 17.6 Å². The van der Waals surface area contributed by atoms with E-state index in [2.05, 4.69) is 8.98 Å². The maximum absolute atomic E-state index is 12.5. The Morgan fingerprint density at radius 1 is 1.25 bits per heavy atom. The van der Waals surface area contributed by atoms with Crippen molar-refractivity contribution >= 4 is 17.8 Å². The molecule has 0 saturated heterocycles. The van der Waals surface area contributed by atoms with E-state index in [0.717, 1.165) is 24.3 Å². The number of benzene rings is 1. The zero-order valence-corrected chi connectivity index (χ0v) is 8.42. The molecule has 8 heteroatoms. The van der Waals surface area contributed by atoms with Crippen LogP contribution in [0.5, 0.6) is 5.75 Å². The number of hydrogen-bond acceptors (Lipinski definition) is 5. The summed E-state index contributed by atoms with van der Waals surface area (Å²) in [7, 11) is 0. The fourth-order valence-corrected chi connectivity index (χ4v) is 1.27. The summed E-state index contributed by atoms with van der Waals surface area (Å²) in [5, 5.41) is 8.92. The van der Waals surface area contributed by atoms with Crippen LogP contribution in [-0.4, -0.2) is 17.0 Å². The topological polar surface area (TPSA) is 62.0 Å². The molecule has 0 atom stereocenters. The Morgan fingerprint density at radius 3 is 2.25 bits per heavy atom. The molecule has 0 aliphatic rings. The molecule has 1 aromatic rings. The molecular weight excluding hydrogens is 245 g/mol. The van der Waals surface area contributed by atoms with Crippen molar-refractivity contribution < 1.29 is 18.3 Å². The first-order valence-electron chi connectivity index (χ1n) is 3.88. The lowest BCUT2D eigenvalue weighted by atomic mass is 10.1. The second-order valence-electron chi connectivity index (χ2n) is 2.64. The largest absolute Gasteiger partial charge is 0.508 e. The Balaban J connectivity index is 3.11. The van der Waals surface area contributed by atoms with Crippen molar-refractivity contribution in [1.29, 1.82) is 0 Å². The van der Waals surface area contributed by atoms with E-state index in [0.29, 0.717) is 0 Å². The molecule has 0 aliphatic heterocycles. The summed E-state index contributed by atoms with van der Waals surface area (Å²) in [4.78, 5) is 9.72. The van der Waals surface area contributed by atoms with Gasteiger partial charge in [0.05, 0.1) is 0 Å². The summed E-state index contributed by atoms with van der Waals surface area (Å²) < 4.78 is 42.6. The molecule has 1 N–H and O–H groups in total. The summed E-state index contributed by atoms with van der Waals surface area (Å²) in [6, 6.07) is 4.28. The standard InChI is InChI=1S/C8H5F3N2O2S/c9-8(10,11)7(12-16-13-15)5-1-3-6(14)4-2-5/h1-4,14H/b12-7-. The first kappa shape index (κ1) is 12.5. The number of aromatic hydroxyl groups is 1. The van der Waals surface area contributed by atoms with Crippen LogP contribution in [0.25, 0.3) is 0 Å². The van der Waals surface area contributed by atoms with E-state index in [4.69, 9.17) is 5.11 Å². The minimum atomic E-state index is -4.69.